The monoisotopic (exact) mass is 353 g/mol. The van der Waals surface area contributed by atoms with Gasteiger partial charge in [0.05, 0.1) is 13.2 Å². The highest BCUT2D eigenvalue weighted by Crippen LogP contribution is 2.34. The lowest BCUT2D eigenvalue weighted by Crippen LogP contribution is -2.37. The highest BCUT2D eigenvalue weighted by atomic mass is 16.5. The Morgan fingerprint density at radius 2 is 1.84 bits per heavy atom. The molecule has 4 nitrogen and oxygen atoms in total. The average molecular weight is 354 g/mol. The predicted octanol–water partition coefficient (Wildman–Crippen LogP) is 4.69. The summed E-state index contributed by atoms with van der Waals surface area (Å²) in [7, 11) is 3.25. The zero-order chi connectivity index (χ0) is 18.8. The van der Waals surface area contributed by atoms with Gasteiger partial charge in [-0.05, 0) is 37.5 Å². The Hall–Kier alpha value is -1.03. The number of methoxy groups -OCH3 is 2. The average Bonchev–Trinajstić information content (AvgIpc) is 2.56. The van der Waals surface area contributed by atoms with Crippen molar-refractivity contribution in [3.05, 3.63) is 11.3 Å². The smallest absolute Gasteiger partial charge is 0.325 e. The number of allylic oxidation sites excluding steroid dienone is 1. The molecule has 0 spiro atoms. The highest BCUT2D eigenvalue weighted by molar-refractivity contribution is 5.71. The molecule has 0 aromatic carbocycles. The Balaban J connectivity index is 2.68. The van der Waals surface area contributed by atoms with Crippen LogP contribution < -0.4 is 5.32 Å². The largest absolute Gasteiger partial charge is 0.468 e. The normalized spacial score (nSPS) is 18.7. The first kappa shape index (κ1) is 22.0. The molecule has 4 atom stereocenters. The third-order valence-corrected chi connectivity index (χ3v) is 5.82. The molecule has 0 aliphatic heterocycles. The van der Waals surface area contributed by atoms with Crippen LogP contribution in [-0.4, -0.2) is 32.8 Å². The van der Waals surface area contributed by atoms with E-state index in [0.29, 0.717) is 5.92 Å². The van der Waals surface area contributed by atoms with Crippen LogP contribution in [0.25, 0.3) is 0 Å². The second-order valence-electron chi connectivity index (χ2n) is 7.71. The fraction of sp³-hybridized carbons (Fsp3) is 0.857. The van der Waals surface area contributed by atoms with E-state index < -0.39 is 0 Å². The van der Waals surface area contributed by atoms with E-state index in [0.717, 1.165) is 18.8 Å². The van der Waals surface area contributed by atoms with Gasteiger partial charge in [-0.2, -0.15) is 0 Å². The molecular formula is C21H39NO3. The molecule has 0 aromatic rings. The van der Waals surface area contributed by atoms with Crippen LogP contribution in [0.15, 0.2) is 11.3 Å². The molecule has 0 amide bonds. The van der Waals surface area contributed by atoms with Crippen LogP contribution in [0, 0.1) is 17.8 Å². The fourth-order valence-electron chi connectivity index (χ4n) is 3.72. The second kappa shape index (κ2) is 11.6. The molecule has 4 heteroatoms. The van der Waals surface area contributed by atoms with Crippen LogP contribution in [0.4, 0.5) is 0 Å². The SMILES string of the molecule is CCC(C)CCCC(C)C(OC)C(C)C(NCC(=O)OC)=C1CCC1. The molecule has 1 aliphatic rings. The first-order valence-corrected chi connectivity index (χ1v) is 9.99. The van der Waals surface area contributed by atoms with Gasteiger partial charge in [0.2, 0.25) is 0 Å². The number of esters is 1. The van der Waals surface area contributed by atoms with Crippen molar-refractivity contribution >= 4 is 5.97 Å². The van der Waals surface area contributed by atoms with E-state index in [1.165, 1.54) is 50.5 Å². The van der Waals surface area contributed by atoms with Crippen LogP contribution >= 0.6 is 0 Å². The van der Waals surface area contributed by atoms with E-state index >= 15 is 0 Å². The van der Waals surface area contributed by atoms with Gasteiger partial charge in [-0.15, -0.1) is 0 Å². The number of hydrogen-bond donors (Lipinski definition) is 1. The number of carbonyl (C=O) groups is 1. The van der Waals surface area contributed by atoms with Gasteiger partial charge in [0.1, 0.15) is 6.54 Å². The Kier molecular flexibility index (Phi) is 10.2. The van der Waals surface area contributed by atoms with Gasteiger partial charge in [0, 0.05) is 18.7 Å². The first-order valence-electron chi connectivity index (χ1n) is 9.99. The van der Waals surface area contributed by atoms with Crippen molar-refractivity contribution < 1.29 is 14.3 Å². The molecular weight excluding hydrogens is 314 g/mol. The number of ether oxygens (including phenoxy) is 2. The summed E-state index contributed by atoms with van der Waals surface area (Å²) in [6.07, 6.45) is 8.67. The standard InChI is InChI=1S/C21H39NO3/c1-7-15(2)10-8-11-16(3)21(25-6)17(4)20(18-12-9-13-18)22-14-19(23)24-5/h15-17,21-22H,7-14H2,1-6H3. The maximum absolute atomic E-state index is 11.5. The Morgan fingerprint density at radius 1 is 1.16 bits per heavy atom. The minimum absolute atomic E-state index is 0.171. The molecule has 1 rings (SSSR count). The van der Waals surface area contributed by atoms with E-state index in [2.05, 4.69) is 33.0 Å². The summed E-state index contributed by atoms with van der Waals surface area (Å²) < 4.78 is 10.7. The van der Waals surface area contributed by atoms with Gasteiger partial charge in [-0.1, -0.05) is 52.5 Å². The van der Waals surface area contributed by atoms with Crippen LogP contribution in [0.3, 0.4) is 0 Å². The van der Waals surface area contributed by atoms with Gasteiger partial charge < -0.3 is 14.8 Å². The van der Waals surface area contributed by atoms with E-state index in [1.54, 1.807) is 0 Å². The predicted molar refractivity (Wildman–Crippen MR) is 103 cm³/mol. The van der Waals surface area contributed by atoms with Crippen LogP contribution in [0.1, 0.15) is 72.6 Å². The molecule has 1 saturated carbocycles. The molecule has 0 radical (unpaired) electrons. The van der Waals surface area contributed by atoms with Crippen molar-refractivity contribution in [2.75, 3.05) is 20.8 Å². The minimum atomic E-state index is -0.222. The topological polar surface area (TPSA) is 47.6 Å². The Bertz CT molecular complexity index is 427. The first-order chi connectivity index (χ1) is 11.9. The zero-order valence-corrected chi connectivity index (χ0v) is 17.2. The van der Waals surface area contributed by atoms with Crippen LogP contribution in [0.2, 0.25) is 0 Å². The van der Waals surface area contributed by atoms with Gasteiger partial charge in [-0.3, -0.25) is 4.79 Å². The summed E-state index contributed by atoms with van der Waals surface area (Å²) in [5, 5.41) is 3.35. The van der Waals surface area contributed by atoms with Crippen molar-refractivity contribution in [1.29, 1.82) is 0 Å². The minimum Gasteiger partial charge on any atom is -0.468 e. The van der Waals surface area contributed by atoms with Crippen molar-refractivity contribution in [2.45, 2.75) is 78.7 Å². The maximum atomic E-state index is 11.5. The quantitative estimate of drug-likeness (QED) is 0.517. The van der Waals surface area contributed by atoms with Crippen LogP contribution in [0.5, 0.6) is 0 Å². The van der Waals surface area contributed by atoms with Crippen molar-refractivity contribution in [3.8, 4) is 0 Å². The zero-order valence-electron chi connectivity index (χ0n) is 17.2. The molecule has 1 N–H and O–H groups in total. The molecule has 1 aliphatic carbocycles. The van der Waals surface area contributed by atoms with E-state index in [4.69, 9.17) is 9.47 Å². The molecule has 0 aromatic heterocycles. The second-order valence-corrected chi connectivity index (χ2v) is 7.71. The van der Waals surface area contributed by atoms with Gasteiger partial charge in [0.15, 0.2) is 0 Å². The summed E-state index contributed by atoms with van der Waals surface area (Å²) in [4.78, 5) is 11.5. The maximum Gasteiger partial charge on any atom is 0.325 e. The van der Waals surface area contributed by atoms with E-state index in [-0.39, 0.29) is 24.5 Å². The molecule has 1 fully saturated rings. The van der Waals surface area contributed by atoms with Crippen LogP contribution in [-0.2, 0) is 14.3 Å². The van der Waals surface area contributed by atoms with Crippen molar-refractivity contribution in [3.63, 3.8) is 0 Å². The number of rotatable bonds is 12. The van der Waals surface area contributed by atoms with Gasteiger partial charge in [0.25, 0.3) is 0 Å². The third kappa shape index (κ3) is 7.01. The molecule has 146 valence electrons. The highest BCUT2D eigenvalue weighted by Gasteiger charge is 2.29. The third-order valence-electron chi connectivity index (χ3n) is 5.82. The number of nitrogens with one attached hydrogen (secondary N) is 1. The lowest BCUT2D eigenvalue weighted by molar-refractivity contribution is -0.139. The van der Waals surface area contributed by atoms with E-state index in [1.807, 2.05) is 7.11 Å². The molecule has 0 heterocycles. The summed E-state index contributed by atoms with van der Waals surface area (Å²) in [5.74, 6) is 1.35. The van der Waals surface area contributed by atoms with Crippen molar-refractivity contribution in [2.24, 2.45) is 17.8 Å². The molecule has 0 saturated heterocycles. The number of hydrogen-bond acceptors (Lipinski definition) is 4. The van der Waals surface area contributed by atoms with E-state index in [9.17, 15) is 4.79 Å². The lowest BCUT2D eigenvalue weighted by Gasteiger charge is -2.34. The van der Waals surface area contributed by atoms with Gasteiger partial charge in [-0.25, -0.2) is 0 Å². The summed E-state index contributed by atoms with van der Waals surface area (Å²) >= 11 is 0. The Labute approximate surface area is 154 Å². The molecule has 25 heavy (non-hydrogen) atoms. The lowest BCUT2D eigenvalue weighted by atomic mass is 9.81. The number of carbonyl (C=O) groups excluding carboxylic acids is 1. The fourth-order valence-corrected chi connectivity index (χ4v) is 3.72. The van der Waals surface area contributed by atoms with Crippen molar-refractivity contribution in [1.82, 2.24) is 5.32 Å². The summed E-state index contributed by atoms with van der Waals surface area (Å²) in [6.45, 7) is 9.35. The molecule has 0 bridgehead atoms. The summed E-state index contributed by atoms with van der Waals surface area (Å²) in [5.41, 5.74) is 2.66. The molecule has 4 unspecified atom stereocenters. The Morgan fingerprint density at radius 3 is 2.32 bits per heavy atom. The van der Waals surface area contributed by atoms with Gasteiger partial charge >= 0.3 is 5.97 Å². The summed E-state index contributed by atoms with van der Waals surface area (Å²) in [6, 6.07) is 0.